The number of hydrogen-bond donors (Lipinski definition) is 5. The molecule has 0 spiro atoms. The minimum absolute atomic E-state index is 0.0217. The first-order valence-electron chi connectivity index (χ1n) is 11.8. The lowest BCUT2D eigenvalue weighted by Gasteiger charge is -2.21. The van der Waals surface area contributed by atoms with Crippen molar-refractivity contribution in [2.45, 2.75) is 12.0 Å². The lowest BCUT2D eigenvalue weighted by Crippen LogP contribution is -2.11. The molecule has 0 unspecified atom stereocenters. The molecule has 4 aromatic rings. The zero-order chi connectivity index (χ0) is 27.0. The first-order chi connectivity index (χ1) is 18.3. The molecule has 0 amide bonds. The van der Waals surface area contributed by atoms with E-state index < -0.39 is 12.0 Å². The van der Waals surface area contributed by atoms with Gasteiger partial charge in [0.2, 0.25) is 0 Å². The van der Waals surface area contributed by atoms with Crippen LogP contribution >= 0.6 is 0 Å². The van der Waals surface area contributed by atoms with Crippen molar-refractivity contribution < 1.29 is 39.7 Å². The fourth-order valence-corrected chi connectivity index (χ4v) is 4.76. The van der Waals surface area contributed by atoms with E-state index in [0.717, 1.165) is 5.56 Å². The average Bonchev–Trinajstić information content (AvgIpc) is 3.28. The Morgan fingerprint density at radius 1 is 0.632 bits per heavy atom. The molecule has 0 saturated heterocycles. The van der Waals surface area contributed by atoms with E-state index >= 15 is 0 Å². The van der Waals surface area contributed by atoms with Gasteiger partial charge in [0.05, 0.1) is 20.1 Å². The molecule has 1 aliphatic heterocycles. The van der Waals surface area contributed by atoms with E-state index in [1.165, 1.54) is 44.6 Å². The smallest absolute Gasteiger partial charge is 0.161 e. The number of phenolic OH excluding ortho intramolecular Hbond substituents is 5. The number of hydrogen-bond acceptors (Lipinski definition) is 8. The molecule has 5 N–H and O–H groups in total. The highest BCUT2D eigenvalue weighted by atomic mass is 16.5. The Labute approximate surface area is 218 Å². The van der Waals surface area contributed by atoms with Crippen LogP contribution in [0.5, 0.6) is 46.0 Å². The molecule has 2 atom stereocenters. The van der Waals surface area contributed by atoms with Crippen molar-refractivity contribution >= 4 is 12.2 Å². The van der Waals surface area contributed by atoms with Gasteiger partial charge in [-0.3, -0.25) is 0 Å². The number of aromatic hydroxyl groups is 5. The monoisotopic (exact) mass is 514 g/mol. The minimum Gasteiger partial charge on any atom is -0.508 e. The van der Waals surface area contributed by atoms with Crippen LogP contribution in [0.15, 0.2) is 66.7 Å². The molecule has 5 rings (SSSR count). The normalized spacial score (nSPS) is 16.3. The molecule has 0 aliphatic carbocycles. The van der Waals surface area contributed by atoms with Crippen molar-refractivity contribution in [1.82, 2.24) is 0 Å². The number of phenols is 5. The number of benzene rings is 4. The van der Waals surface area contributed by atoms with Crippen LogP contribution in [0.25, 0.3) is 12.2 Å². The van der Waals surface area contributed by atoms with Crippen LogP contribution in [0, 0.1) is 0 Å². The van der Waals surface area contributed by atoms with Crippen LogP contribution in [-0.2, 0) is 0 Å². The van der Waals surface area contributed by atoms with Gasteiger partial charge >= 0.3 is 0 Å². The van der Waals surface area contributed by atoms with Crippen molar-refractivity contribution in [3.63, 3.8) is 0 Å². The van der Waals surface area contributed by atoms with Gasteiger partial charge in [-0.2, -0.15) is 0 Å². The van der Waals surface area contributed by atoms with Gasteiger partial charge in [0.1, 0.15) is 29.1 Å². The maximum Gasteiger partial charge on any atom is 0.161 e. The third-order valence-electron chi connectivity index (χ3n) is 6.50. The predicted molar refractivity (Wildman–Crippen MR) is 141 cm³/mol. The molecule has 1 aliphatic rings. The molecule has 194 valence electrons. The number of ether oxygens (including phenoxy) is 3. The summed E-state index contributed by atoms with van der Waals surface area (Å²) in [5, 5.41) is 51.4. The number of methoxy groups -OCH3 is 2. The Balaban J connectivity index is 1.58. The van der Waals surface area contributed by atoms with Crippen LogP contribution in [0.3, 0.4) is 0 Å². The van der Waals surface area contributed by atoms with Crippen LogP contribution in [0.4, 0.5) is 0 Å². The molecule has 1 heterocycles. The SMILES string of the molecule is COc1cc(C=Cc2cc(O)c3c(c2)O[C@H](c2ccc(O)c(OC)c2)[C@@H]3c2cc(O)cc(O)c2)ccc1O. The van der Waals surface area contributed by atoms with E-state index in [1.54, 1.807) is 42.5 Å². The first-order valence-corrected chi connectivity index (χ1v) is 11.8. The second-order valence-corrected chi connectivity index (χ2v) is 8.95. The summed E-state index contributed by atoms with van der Waals surface area (Å²) < 4.78 is 16.8. The van der Waals surface area contributed by atoms with Gasteiger partial charge < -0.3 is 39.7 Å². The summed E-state index contributed by atoms with van der Waals surface area (Å²) in [6.45, 7) is 0. The number of fused-ring (bicyclic) bond motifs is 1. The zero-order valence-electron chi connectivity index (χ0n) is 20.6. The fourth-order valence-electron chi connectivity index (χ4n) is 4.76. The lowest BCUT2D eigenvalue weighted by molar-refractivity contribution is 0.221. The van der Waals surface area contributed by atoms with Crippen molar-refractivity contribution in [2.24, 2.45) is 0 Å². The molecule has 0 bridgehead atoms. The topological polar surface area (TPSA) is 129 Å². The molecule has 0 aromatic heterocycles. The highest BCUT2D eigenvalue weighted by Gasteiger charge is 2.40. The van der Waals surface area contributed by atoms with Crippen LogP contribution in [-0.4, -0.2) is 39.8 Å². The van der Waals surface area contributed by atoms with Gasteiger partial charge in [0.25, 0.3) is 0 Å². The second-order valence-electron chi connectivity index (χ2n) is 8.95. The maximum absolute atomic E-state index is 11.2. The highest BCUT2D eigenvalue weighted by molar-refractivity contribution is 5.74. The summed E-state index contributed by atoms with van der Waals surface area (Å²) in [6, 6.07) is 17.4. The van der Waals surface area contributed by atoms with E-state index in [2.05, 4.69) is 0 Å². The Morgan fingerprint density at radius 3 is 1.95 bits per heavy atom. The van der Waals surface area contributed by atoms with Crippen molar-refractivity contribution in [2.75, 3.05) is 14.2 Å². The molecule has 0 radical (unpaired) electrons. The van der Waals surface area contributed by atoms with E-state index in [0.29, 0.717) is 33.8 Å². The van der Waals surface area contributed by atoms with Crippen molar-refractivity contribution in [3.8, 4) is 46.0 Å². The summed E-state index contributed by atoms with van der Waals surface area (Å²) in [4.78, 5) is 0. The molecule has 4 aromatic carbocycles. The Hall–Kier alpha value is -4.98. The minimum atomic E-state index is -0.660. The first kappa shape index (κ1) is 24.7. The van der Waals surface area contributed by atoms with Gasteiger partial charge in [-0.05, 0) is 70.8 Å². The number of rotatable bonds is 6. The van der Waals surface area contributed by atoms with E-state index in [-0.39, 0.29) is 34.5 Å². The summed E-state index contributed by atoms with van der Waals surface area (Å²) >= 11 is 0. The third-order valence-corrected chi connectivity index (χ3v) is 6.50. The highest BCUT2D eigenvalue weighted by Crippen LogP contribution is 2.54. The zero-order valence-corrected chi connectivity index (χ0v) is 20.6. The van der Waals surface area contributed by atoms with Crippen LogP contribution in [0.2, 0.25) is 0 Å². The largest absolute Gasteiger partial charge is 0.508 e. The van der Waals surface area contributed by atoms with Gasteiger partial charge in [-0.25, -0.2) is 0 Å². The summed E-state index contributed by atoms with van der Waals surface area (Å²) in [6.07, 6.45) is 2.94. The molecular weight excluding hydrogens is 488 g/mol. The molecule has 8 nitrogen and oxygen atoms in total. The quantitative estimate of drug-likeness (QED) is 0.208. The lowest BCUT2D eigenvalue weighted by atomic mass is 9.84. The summed E-state index contributed by atoms with van der Waals surface area (Å²) in [5.74, 6) is 0.181. The molecule has 0 fully saturated rings. The van der Waals surface area contributed by atoms with E-state index in [4.69, 9.17) is 14.2 Å². The second kappa shape index (κ2) is 9.82. The predicted octanol–water partition coefficient (Wildman–Crippen LogP) is 5.67. The standard InChI is InChI=1S/C30H26O8/c1-36-25-10-16(5-7-22(25)33)3-4-17-9-24(35)29-27(11-17)38-30(18-6-8-23(34)26(14-18)37-2)28(29)19-12-20(31)15-21(32)13-19/h3-15,28,30-35H,1-2H3/t28-,30-/m1/s1. The summed E-state index contributed by atoms with van der Waals surface area (Å²) in [5.41, 5.74) is 3.14. The van der Waals surface area contributed by atoms with Gasteiger partial charge in [-0.15, -0.1) is 0 Å². The third kappa shape index (κ3) is 4.59. The van der Waals surface area contributed by atoms with Crippen molar-refractivity contribution in [3.05, 3.63) is 94.5 Å². The summed E-state index contributed by atoms with van der Waals surface area (Å²) in [7, 11) is 2.92. The van der Waals surface area contributed by atoms with E-state index in [1.807, 2.05) is 6.08 Å². The van der Waals surface area contributed by atoms with Gasteiger partial charge in [0.15, 0.2) is 23.0 Å². The van der Waals surface area contributed by atoms with Crippen LogP contribution < -0.4 is 14.2 Å². The molecule has 0 saturated carbocycles. The maximum atomic E-state index is 11.2. The molecular formula is C30H26O8. The Kier molecular flexibility index (Phi) is 6.38. The fraction of sp³-hybridized carbons (Fsp3) is 0.133. The Bertz CT molecular complexity index is 1520. The van der Waals surface area contributed by atoms with Crippen molar-refractivity contribution in [1.29, 1.82) is 0 Å². The average molecular weight is 515 g/mol. The molecule has 8 heteroatoms. The van der Waals surface area contributed by atoms with Crippen LogP contribution in [0.1, 0.15) is 39.8 Å². The Morgan fingerprint density at radius 2 is 1.26 bits per heavy atom. The van der Waals surface area contributed by atoms with Gasteiger partial charge in [-0.1, -0.05) is 24.3 Å². The van der Waals surface area contributed by atoms with E-state index in [9.17, 15) is 25.5 Å². The molecule has 38 heavy (non-hydrogen) atoms. The van der Waals surface area contributed by atoms with Gasteiger partial charge in [0, 0.05) is 11.6 Å².